The van der Waals surface area contributed by atoms with Crippen LogP contribution in [0.5, 0.6) is 0 Å². The molecule has 2 heterocycles. The van der Waals surface area contributed by atoms with Crippen molar-refractivity contribution in [2.24, 2.45) is 0 Å². The van der Waals surface area contributed by atoms with Crippen molar-refractivity contribution in [1.82, 2.24) is 9.88 Å². The predicted molar refractivity (Wildman–Crippen MR) is 98.4 cm³/mol. The maximum atomic E-state index is 12.5. The number of anilines is 1. The summed E-state index contributed by atoms with van der Waals surface area (Å²) in [6.45, 7) is 1.47. The lowest BCUT2D eigenvalue weighted by atomic mass is 10.1. The minimum Gasteiger partial charge on any atom is -0.337 e. The quantitative estimate of drug-likeness (QED) is 0.868. The Labute approximate surface area is 155 Å². The van der Waals surface area contributed by atoms with E-state index in [1.807, 2.05) is 0 Å². The molecule has 0 atom stereocenters. The van der Waals surface area contributed by atoms with Gasteiger partial charge in [0.1, 0.15) is 5.69 Å². The molecule has 0 radical (unpaired) electrons. The lowest BCUT2D eigenvalue weighted by Gasteiger charge is -2.26. The Kier molecular flexibility index (Phi) is 5.56. The van der Waals surface area contributed by atoms with E-state index in [0.717, 1.165) is 32.4 Å². The molecule has 3 rings (SSSR count). The van der Waals surface area contributed by atoms with Crippen molar-refractivity contribution in [3.8, 4) is 0 Å². The normalized spacial score (nSPS) is 14.2. The number of hydrogen-bond donors (Lipinski definition) is 1. The Balaban J connectivity index is 1.76. The molecule has 1 N–H and O–H groups in total. The first-order valence-electron chi connectivity index (χ1n) is 8.06. The van der Waals surface area contributed by atoms with Gasteiger partial charge in [-0.3, -0.25) is 14.6 Å². The first kappa shape index (κ1) is 17.7. The average molecular weight is 378 g/mol. The average Bonchev–Trinajstić information content (AvgIpc) is 2.64. The highest BCUT2D eigenvalue weighted by molar-refractivity contribution is 6.36. The number of halogens is 2. The second-order valence-electron chi connectivity index (χ2n) is 5.86. The van der Waals surface area contributed by atoms with Gasteiger partial charge < -0.3 is 10.2 Å². The number of amides is 2. The number of carbonyl (C=O) groups excluding carboxylic acids is 2. The maximum Gasteiger partial charge on any atom is 0.272 e. The highest BCUT2D eigenvalue weighted by atomic mass is 35.5. The zero-order chi connectivity index (χ0) is 17.8. The van der Waals surface area contributed by atoms with Gasteiger partial charge in [0.2, 0.25) is 0 Å². The molecule has 0 unspecified atom stereocenters. The van der Waals surface area contributed by atoms with Gasteiger partial charge in [0, 0.05) is 29.9 Å². The van der Waals surface area contributed by atoms with Crippen molar-refractivity contribution in [2.45, 2.75) is 19.3 Å². The fraction of sp³-hybridized carbons (Fsp3) is 0.278. The fourth-order valence-corrected chi connectivity index (χ4v) is 3.19. The molecule has 0 aliphatic carbocycles. The molecule has 0 spiro atoms. The summed E-state index contributed by atoms with van der Waals surface area (Å²) in [7, 11) is 0. The molecule has 1 saturated heterocycles. The van der Waals surface area contributed by atoms with Crippen LogP contribution in [0.1, 0.15) is 40.1 Å². The molecule has 2 amide bonds. The number of likely N-dealkylation sites (tertiary alicyclic amines) is 1. The molecule has 130 valence electrons. The number of nitrogens with one attached hydrogen (secondary N) is 1. The van der Waals surface area contributed by atoms with Crippen LogP contribution in [-0.2, 0) is 0 Å². The minimum absolute atomic E-state index is 0.140. The van der Waals surface area contributed by atoms with Gasteiger partial charge in [0.15, 0.2) is 0 Å². The van der Waals surface area contributed by atoms with Crippen LogP contribution in [0.3, 0.4) is 0 Å². The van der Waals surface area contributed by atoms with Gasteiger partial charge in [-0.1, -0.05) is 23.2 Å². The molecule has 5 nitrogen and oxygen atoms in total. The zero-order valence-electron chi connectivity index (χ0n) is 13.5. The minimum atomic E-state index is -0.362. The van der Waals surface area contributed by atoms with Crippen LogP contribution in [-0.4, -0.2) is 34.8 Å². The first-order chi connectivity index (χ1) is 12.0. The highest BCUT2D eigenvalue weighted by Gasteiger charge is 2.20. The second kappa shape index (κ2) is 7.85. The monoisotopic (exact) mass is 377 g/mol. The Morgan fingerprint density at radius 2 is 1.80 bits per heavy atom. The van der Waals surface area contributed by atoms with Crippen LogP contribution >= 0.6 is 23.2 Å². The number of aromatic nitrogens is 1. The first-order valence-corrected chi connectivity index (χ1v) is 8.82. The van der Waals surface area contributed by atoms with Crippen molar-refractivity contribution in [1.29, 1.82) is 0 Å². The molecule has 7 heteroatoms. The topological polar surface area (TPSA) is 62.3 Å². The summed E-state index contributed by atoms with van der Waals surface area (Å²) in [6, 6.07) is 7.89. The van der Waals surface area contributed by atoms with E-state index < -0.39 is 0 Å². The third kappa shape index (κ3) is 4.30. The summed E-state index contributed by atoms with van der Waals surface area (Å²) >= 11 is 11.9. The van der Waals surface area contributed by atoms with E-state index in [1.54, 1.807) is 29.2 Å². The van der Waals surface area contributed by atoms with E-state index in [1.165, 1.54) is 12.3 Å². The van der Waals surface area contributed by atoms with Crippen molar-refractivity contribution in [3.05, 3.63) is 57.8 Å². The van der Waals surface area contributed by atoms with Crippen LogP contribution in [0, 0.1) is 0 Å². The highest BCUT2D eigenvalue weighted by Crippen LogP contribution is 2.25. The fourth-order valence-electron chi connectivity index (χ4n) is 2.73. The van der Waals surface area contributed by atoms with Gasteiger partial charge in [-0.15, -0.1) is 0 Å². The predicted octanol–water partition coefficient (Wildman–Crippen LogP) is 4.27. The lowest BCUT2D eigenvalue weighted by molar-refractivity contribution is 0.0718. The Morgan fingerprint density at radius 3 is 2.52 bits per heavy atom. The molecule has 1 aliphatic rings. The lowest BCUT2D eigenvalue weighted by Crippen LogP contribution is -2.36. The smallest absolute Gasteiger partial charge is 0.272 e. The van der Waals surface area contributed by atoms with E-state index in [-0.39, 0.29) is 17.5 Å². The molecule has 1 aliphatic heterocycles. The molecule has 1 aromatic carbocycles. The number of pyridine rings is 1. The van der Waals surface area contributed by atoms with E-state index in [2.05, 4.69) is 10.3 Å². The SMILES string of the molecule is O=C(Nc1ccc(Cl)cc1Cl)c1ccnc(C(=O)N2CCCCC2)c1. The molecular weight excluding hydrogens is 361 g/mol. The number of piperidine rings is 1. The van der Waals surface area contributed by atoms with Gasteiger partial charge in [0.05, 0.1) is 10.7 Å². The second-order valence-corrected chi connectivity index (χ2v) is 6.70. The molecule has 25 heavy (non-hydrogen) atoms. The number of nitrogens with zero attached hydrogens (tertiary/aromatic N) is 2. The Bertz CT molecular complexity index is 805. The molecule has 1 fully saturated rings. The summed E-state index contributed by atoms with van der Waals surface area (Å²) in [5.74, 6) is -0.502. The van der Waals surface area contributed by atoms with E-state index in [4.69, 9.17) is 23.2 Å². The van der Waals surface area contributed by atoms with Crippen LogP contribution in [0.4, 0.5) is 5.69 Å². The summed E-state index contributed by atoms with van der Waals surface area (Å²) < 4.78 is 0. The van der Waals surface area contributed by atoms with Crippen molar-refractivity contribution in [3.63, 3.8) is 0 Å². The zero-order valence-corrected chi connectivity index (χ0v) is 15.0. The summed E-state index contributed by atoms with van der Waals surface area (Å²) in [4.78, 5) is 30.9. The number of hydrogen-bond acceptors (Lipinski definition) is 3. The molecule has 2 aromatic rings. The van der Waals surface area contributed by atoms with Crippen molar-refractivity contribution >= 4 is 40.7 Å². The Morgan fingerprint density at radius 1 is 1.04 bits per heavy atom. The van der Waals surface area contributed by atoms with E-state index in [0.29, 0.717) is 21.3 Å². The van der Waals surface area contributed by atoms with Gasteiger partial charge in [-0.25, -0.2) is 0 Å². The van der Waals surface area contributed by atoms with Gasteiger partial charge >= 0.3 is 0 Å². The van der Waals surface area contributed by atoms with Crippen molar-refractivity contribution in [2.75, 3.05) is 18.4 Å². The molecule has 0 saturated carbocycles. The number of rotatable bonds is 3. The third-order valence-electron chi connectivity index (χ3n) is 4.06. The molecule has 1 aromatic heterocycles. The van der Waals surface area contributed by atoms with Crippen LogP contribution in [0.25, 0.3) is 0 Å². The Hall–Kier alpha value is -2.11. The standard InChI is InChI=1S/C18H17Cl2N3O2/c19-13-4-5-15(14(20)11-13)22-17(24)12-6-7-21-16(10-12)18(25)23-8-2-1-3-9-23/h4-7,10-11H,1-3,8-9H2,(H,22,24). The van der Waals surface area contributed by atoms with Crippen LogP contribution < -0.4 is 5.32 Å². The van der Waals surface area contributed by atoms with Crippen LogP contribution in [0.2, 0.25) is 10.0 Å². The summed E-state index contributed by atoms with van der Waals surface area (Å²) in [5, 5.41) is 3.55. The van der Waals surface area contributed by atoms with Gasteiger partial charge in [-0.2, -0.15) is 0 Å². The van der Waals surface area contributed by atoms with Crippen molar-refractivity contribution < 1.29 is 9.59 Å². The summed E-state index contributed by atoms with van der Waals surface area (Å²) in [5.41, 5.74) is 1.08. The van der Waals surface area contributed by atoms with Gasteiger partial charge in [-0.05, 0) is 49.6 Å². The maximum absolute atomic E-state index is 12.5. The molecule has 0 bridgehead atoms. The van der Waals surface area contributed by atoms with Crippen LogP contribution in [0.15, 0.2) is 36.5 Å². The molecular formula is C18H17Cl2N3O2. The van der Waals surface area contributed by atoms with Gasteiger partial charge in [0.25, 0.3) is 11.8 Å². The summed E-state index contributed by atoms with van der Waals surface area (Å²) in [6.07, 6.45) is 4.61. The third-order valence-corrected chi connectivity index (χ3v) is 4.61. The van der Waals surface area contributed by atoms with E-state index in [9.17, 15) is 9.59 Å². The number of carbonyl (C=O) groups is 2. The number of benzene rings is 1. The van der Waals surface area contributed by atoms with E-state index >= 15 is 0 Å². The largest absolute Gasteiger partial charge is 0.337 e.